The highest BCUT2D eigenvalue weighted by Crippen LogP contribution is 2.21. The minimum atomic E-state index is 0.704. The molecule has 0 radical (unpaired) electrons. The van der Waals surface area contributed by atoms with Crippen molar-refractivity contribution in [3.63, 3.8) is 0 Å². The van der Waals surface area contributed by atoms with E-state index in [0.717, 1.165) is 19.6 Å². The summed E-state index contributed by atoms with van der Waals surface area (Å²) in [6.45, 7) is 11.4. The Morgan fingerprint density at radius 2 is 2.23 bits per heavy atom. The van der Waals surface area contributed by atoms with Crippen LogP contribution in [0.25, 0.3) is 0 Å². The topological polar surface area (TPSA) is 29.3 Å². The van der Waals surface area contributed by atoms with Gasteiger partial charge in [-0.1, -0.05) is 12.2 Å². The zero-order valence-electron chi connectivity index (χ0n) is 8.92. The number of likely N-dealkylation sites (tertiary alicyclic amines) is 1. The summed E-state index contributed by atoms with van der Waals surface area (Å²) in [5.74, 6) is 0.704. The summed E-state index contributed by atoms with van der Waals surface area (Å²) in [4.78, 5) is 2.50. The van der Waals surface area contributed by atoms with E-state index in [9.17, 15) is 0 Å². The maximum atomic E-state index is 5.69. The van der Waals surface area contributed by atoms with Crippen molar-refractivity contribution in [3.05, 3.63) is 12.2 Å². The van der Waals surface area contributed by atoms with Crippen molar-refractivity contribution < 1.29 is 0 Å². The van der Waals surface area contributed by atoms with E-state index in [1.54, 1.807) is 0 Å². The number of nitrogens with two attached hydrogens (primary N) is 1. The molecule has 76 valence electrons. The second kappa shape index (κ2) is 4.77. The molecule has 1 aliphatic rings. The molecule has 1 heterocycles. The molecule has 13 heavy (non-hydrogen) atoms. The zero-order chi connectivity index (χ0) is 9.84. The van der Waals surface area contributed by atoms with E-state index in [0.29, 0.717) is 12.0 Å². The van der Waals surface area contributed by atoms with Crippen LogP contribution in [0.2, 0.25) is 0 Å². The van der Waals surface area contributed by atoms with Gasteiger partial charge in [0.15, 0.2) is 0 Å². The number of rotatable bonds is 3. The normalized spacial score (nSPS) is 30.4. The molecule has 0 amide bonds. The number of nitrogens with zero attached hydrogens (tertiary/aromatic N) is 1. The van der Waals surface area contributed by atoms with Gasteiger partial charge in [-0.15, -0.1) is 0 Å². The molecule has 0 aromatic heterocycles. The summed E-state index contributed by atoms with van der Waals surface area (Å²) in [6, 6.07) is 0.708. The molecule has 0 spiro atoms. The number of piperidine rings is 1. The SMILES string of the molecule is C=C(C)CN1CC(CN)CCC1C. The van der Waals surface area contributed by atoms with Gasteiger partial charge in [0, 0.05) is 19.1 Å². The Hall–Kier alpha value is -0.340. The van der Waals surface area contributed by atoms with Crippen LogP contribution in [0.15, 0.2) is 12.2 Å². The molecule has 2 heteroatoms. The van der Waals surface area contributed by atoms with Crippen LogP contribution in [-0.2, 0) is 0 Å². The smallest absolute Gasteiger partial charge is 0.0190 e. The Labute approximate surface area is 81.8 Å². The second-order valence-electron chi connectivity index (χ2n) is 4.41. The van der Waals surface area contributed by atoms with E-state index in [4.69, 9.17) is 5.73 Å². The van der Waals surface area contributed by atoms with Gasteiger partial charge in [0.25, 0.3) is 0 Å². The fourth-order valence-corrected chi connectivity index (χ4v) is 2.02. The van der Waals surface area contributed by atoms with Crippen LogP contribution in [0, 0.1) is 5.92 Å². The highest BCUT2D eigenvalue weighted by atomic mass is 15.2. The van der Waals surface area contributed by atoms with Crippen LogP contribution in [0.3, 0.4) is 0 Å². The highest BCUT2D eigenvalue weighted by Gasteiger charge is 2.23. The Balaban J connectivity index is 2.44. The maximum Gasteiger partial charge on any atom is 0.0190 e. The van der Waals surface area contributed by atoms with Crippen molar-refractivity contribution in [1.82, 2.24) is 4.90 Å². The maximum absolute atomic E-state index is 5.69. The van der Waals surface area contributed by atoms with E-state index in [1.807, 2.05) is 0 Å². The van der Waals surface area contributed by atoms with Gasteiger partial charge in [-0.3, -0.25) is 4.90 Å². The highest BCUT2D eigenvalue weighted by molar-refractivity contribution is 4.94. The largest absolute Gasteiger partial charge is 0.330 e. The lowest BCUT2D eigenvalue weighted by Gasteiger charge is -2.37. The quantitative estimate of drug-likeness (QED) is 0.672. The summed E-state index contributed by atoms with van der Waals surface area (Å²) in [7, 11) is 0. The average Bonchev–Trinajstić information content (AvgIpc) is 2.08. The van der Waals surface area contributed by atoms with E-state index >= 15 is 0 Å². The lowest BCUT2D eigenvalue weighted by molar-refractivity contribution is 0.132. The van der Waals surface area contributed by atoms with E-state index < -0.39 is 0 Å². The first-order valence-electron chi connectivity index (χ1n) is 5.22. The van der Waals surface area contributed by atoms with Gasteiger partial charge in [0.2, 0.25) is 0 Å². The van der Waals surface area contributed by atoms with Crippen molar-refractivity contribution >= 4 is 0 Å². The molecule has 2 N–H and O–H groups in total. The van der Waals surface area contributed by atoms with Gasteiger partial charge >= 0.3 is 0 Å². The minimum Gasteiger partial charge on any atom is -0.330 e. The Morgan fingerprint density at radius 1 is 1.54 bits per heavy atom. The van der Waals surface area contributed by atoms with Crippen molar-refractivity contribution in [2.75, 3.05) is 19.6 Å². The van der Waals surface area contributed by atoms with Crippen LogP contribution in [0.1, 0.15) is 26.7 Å². The van der Waals surface area contributed by atoms with Gasteiger partial charge in [-0.05, 0) is 39.2 Å². The molecule has 0 aromatic carbocycles. The molecule has 1 saturated heterocycles. The molecule has 2 unspecified atom stereocenters. The third-order valence-electron chi connectivity index (χ3n) is 2.92. The van der Waals surface area contributed by atoms with Crippen molar-refractivity contribution in [2.45, 2.75) is 32.7 Å². The van der Waals surface area contributed by atoms with Gasteiger partial charge in [-0.2, -0.15) is 0 Å². The number of hydrogen-bond acceptors (Lipinski definition) is 2. The van der Waals surface area contributed by atoms with Crippen molar-refractivity contribution in [2.24, 2.45) is 11.7 Å². The van der Waals surface area contributed by atoms with Crippen molar-refractivity contribution in [1.29, 1.82) is 0 Å². The standard InChI is InChI=1S/C11H22N2/c1-9(2)7-13-8-11(6-12)5-4-10(13)3/h10-11H,1,4-8,12H2,2-3H3. The van der Waals surface area contributed by atoms with Crippen LogP contribution in [0.5, 0.6) is 0 Å². The fourth-order valence-electron chi connectivity index (χ4n) is 2.02. The Kier molecular flexibility index (Phi) is 3.94. The third-order valence-corrected chi connectivity index (χ3v) is 2.92. The lowest BCUT2D eigenvalue weighted by Crippen LogP contribution is -2.44. The summed E-state index contributed by atoms with van der Waals surface area (Å²) in [6.07, 6.45) is 2.58. The van der Waals surface area contributed by atoms with Crippen LogP contribution < -0.4 is 5.73 Å². The third kappa shape index (κ3) is 3.12. The van der Waals surface area contributed by atoms with Gasteiger partial charge in [0.05, 0.1) is 0 Å². The zero-order valence-corrected chi connectivity index (χ0v) is 8.92. The van der Waals surface area contributed by atoms with Gasteiger partial charge < -0.3 is 5.73 Å². The molecular weight excluding hydrogens is 160 g/mol. The first-order valence-corrected chi connectivity index (χ1v) is 5.22. The molecule has 0 saturated carbocycles. The molecule has 1 rings (SSSR count). The van der Waals surface area contributed by atoms with Crippen LogP contribution in [0.4, 0.5) is 0 Å². The van der Waals surface area contributed by atoms with Crippen molar-refractivity contribution in [3.8, 4) is 0 Å². The average molecular weight is 182 g/mol. The first-order chi connectivity index (χ1) is 6.13. The van der Waals surface area contributed by atoms with E-state index in [2.05, 4.69) is 25.3 Å². The molecular formula is C11H22N2. The molecule has 1 aliphatic heterocycles. The number of hydrogen-bond donors (Lipinski definition) is 1. The van der Waals surface area contributed by atoms with Gasteiger partial charge in [0.1, 0.15) is 0 Å². The summed E-state index contributed by atoms with van der Waals surface area (Å²) < 4.78 is 0. The van der Waals surface area contributed by atoms with E-state index in [-0.39, 0.29) is 0 Å². The monoisotopic (exact) mass is 182 g/mol. The second-order valence-corrected chi connectivity index (χ2v) is 4.41. The van der Waals surface area contributed by atoms with Gasteiger partial charge in [-0.25, -0.2) is 0 Å². The Bertz CT molecular complexity index is 177. The lowest BCUT2D eigenvalue weighted by atomic mass is 9.93. The summed E-state index contributed by atoms with van der Waals surface area (Å²) in [5, 5.41) is 0. The van der Waals surface area contributed by atoms with Crippen LogP contribution in [-0.4, -0.2) is 30.6 Å². The summed E-state index contributed by atoms with van der Waals surface area (Å²) >= 11 is 0. The summed E-state index contributed by atoms with van der Waals surface area (Å²) in [5.41, 5.74) is 6.95. The predicted molar refractivity (Wildman–Crippen MR) is 57.6 cm³/mol. The Morgan fingerprint density at radius 3 is 2.77 bits per heavy atom. The molecule has 0 aliphatic carbocycles. The fraction of sp³-hybridized carbons (Fsp3) is 0.818. The minimum absolute atomic E-state index is 0.704. The first kappa shape index (κ1) is 10.7. The molecule has 0 aromatic rings. The molecule has 2 atom stereocenters. The van der Waals surface area contributed by atoms with E-state index in [1.165, 1.54) is 18.4 Å². The van der Waals surface area contributed by atoms with Crippen LogP contribution >= 0.6 is 0 Å². The molecule has 1 fully saturated rings. The molecule has 2 nitrogen and oxygen atoms in total. The predicted octanol–water partition coefficient (Wildman–Crippen LogP) is 1.62. The molecule has 0 bridgehead atoms.